The van der Waals surface area contributed by atoms with Crippen molar-refractivity contribution in [1.29, 1.82) is 0 Å². The van der Waals surface area contributed by atoms with Gasteiger partial charge in [0.15, 0.2) is 0 Å². The fourth-order valence-corrected chi connectivity index (χ4v) is 1.60. The smallest absolute Gasteiger partial charge is 0.114 e. The second-order valence-electron chi connectivity index (χ2n) is 4.19. The summed E-state index contributed by atoms with van der Waals surface area (Å²) < 4.78 is 2.15. The summed E-state index contributed by atoms with van der Waals surface area (Å²) >= 11 is 0. The van der Waals surface area contributed by atoms with Crippen LogP contribution in [0.5, 0.6) is 0 Å². The standard InChI is InChI=1S/C12H17N3/c1-10(14(2)3)8-12-13-9-11-6-4-5-7-15(11)12/h4-7,9-10H,8H2,1-3H3. The van der Waals surface area contributed by atoms with Gasteiger partial charge in [-0.3, -0.25) is 0 Å². The van der Waals surface area contributed by atoms with Crippen molar-refractivity contribution in [2.75, 3.05) is 14.1 Å². The Bertz CT molecular complexity index is 445. The van der Waals surface area contributed by atoms with Crippen LogP contribution < -0.4 is 0 Å². The number of hydrogen-bond acceptors (Lipinski definition) is 2. The Hall–Kier alpha value is -1.35. The van der Waals surface area contributed by atoms with Gasteiger partial charge in [-0.25, -0.2) is 4.98 Å². The Labute approximate surface area is 90.4 Å². The van der Waals surface area contributed by atoms with Crippen molar-refractivity contribution in [3.05, 3.63) is 36.4 Å². The zero-order valence-corrected chi connectivity index (χ0v) is 9.51. The van der Waals surface area contributed by atoms with Gasteiger partial charge in [0.25, 0.3) is 0 Å². The Balaban J connectivity index is 2.29. The third-order valence-corrected chi connectivity index (χ3v) is 2.87. The lowest BCUT2D eigenvalue weighted by Gasteiger charge is -2.18. The maximum atomic E-state index is 4.45. The summed E-state index contributed by atoms with van der Waals surface area (Å²) in [5.74, 6) is 1.13. The topological polar surface area (TPSA) is 20.5 Å². The molecule has 0 N–H and O–H groups in total. The molecule has 2 aromatic heterocycles. The van der Waals surface area contributed by atoms with E-state index in [1.54, 1.807) is 0 Å². The minimum atomic E-state index is 0.510. The number of rotatable bonds is 3. The van der Waals surface area contributed by atoms with Gasteiger partial charge in [0, 0.05) is 18.7 Å². The van der Waals surface area contributed by atoms with Crippen LogP contribution in [0.4, 0.5) is 0 Å². The van der Waals surface area contributed by atoms with E-state index in [2.05, 4.69) is 47.6 Å². The van der Waals surface area contributed by atoms with Crippen LogP contribution in [0.15, 0.2) is 30.6 Å². The zero-order valence-electron chi connectivity index (χ0n) is 9.51. The van der Waals surface area contributed by atoms with E-state index in [0.717, 1.165) is 12.2 Å². The monoisotopic (exact) mass is 203 g/mol. The highest BCUT2D eigenvalue weighted by Gasteiger charge is 2.09. The van der Waals surface area contributed by atoms with Crippen molar-refractivity contribution in [3.63, 3.8) is 0 Å². The van der Waals surface area contributed by atoms with Gasteiger partial charge in [0.05, 0.1) is 11.7 Å². The van der Waals surface area contributed by atoms with Crippen LogP contribution in [0.25, 0.3) is 5.52 Å². The number of hydrogen-bond donors (Lipinski definition) is 0. The van der Waals surface area contributed by atoms with Crippen LogP contribution in [0.1, 0.15) is 12.7 Å². The molecule has 2 heterocycles. The first kappa shape index (κ1) is 10.2. The van der Waals surface area contributed by atoms with Gasteiger partial charge in [-0.1, -0.05) is 6.07 Å². The quantitative estimate of drug-likeness (QED) is 0.758. The van der Waals surface area contributed by atoms with Crippen molar-refractivity contribution in [3.8, 4) is 0 Å². The summed E-state index contributed by atoms with van der Waals surface area (Å²) in [5.41, 5.74) is 1.17. The summed E-state index contributed by atoms with van der Waals surface area (Å²) in [7, 11) is 4.20. The molecule has 3 nitrogen and oxygen atoms in total. The van der Waals surface area contributed by atoms with Crippen molar-refractivity contribution in [2.45, 2.75) is 19.4 Å². The first-order valence-corrected chi connectivity index (χ1v) is 5.26. The molecule has 0 aromatic carbocycles. The van der Waals surface area contributed by atoms with E-state index < -0.39 is 0 Å². The maximum Gasteiger partial charge on any atom is 0.114 e. The largest absolute Gasteiger partial charge is 0.306 e. The van der Waals surface area contributed by atoms with Crippen LogP contribution in [0, 0.1) is 0 Å². The first-order chi connectivity index (χ1) is 7.18. The molecule has 3 heteroatoms. The van der Waals surface area contributed by atoms with Crippen molar-refractivity contribution in [1.82, 2.24) is 14.3 Å². The molecule has 0 aliphatic rings. The van der Waals surface area contributed by atoms with E-state index in [1.165, 1.54) is 5.52 Å². The third-order valence-electron chi connectivity index (χ3n) is 2.87. The van der Waals surface area contributed by atoms with Gasteiger partial charge in [0.2, 0.25) is 0 Å². The Kier molecular flexibility index (Phi) is 2.73. The molecule has 0 aliphatic heterocycles. The van der Waals surface area contributed by atoms with Gasteiger partial charge in [-0.05, 0) is 33.2 Å². The van der Waals surface area contributed by atoms with E-state index in [-0.39, 0.29) is 0 Å². The summed E-state index contributed by atoms with van der Waals surface area (Å²) in [5, 5.41) is 0. The molecular weight excluding hydrogens is 186 g/mol. The molecule has 2 rings (SSSR count). The second kappa shape index (κ2) is 4.03. The highest BCUT2D eigenvalue weighted by atomic mass is 15.1. The van der Waals surface area contributed by atoms with E-state index in [9.17, 15) is 0 Å². The normalized spacial score (nSPS) is 13.6. The number of fused-ring (bicyclic) bond motifs is 1. The molecule has 0 radical (unpaired) electrons. The highest BCUT2D eigenvalue weighted by molar-refractivity contribution is 5.45. The number of nitrogens with zero attached hydrogens (tertiary/aromatic N) is 3. The van der Waals surface area contributed by atoms with E-state index in [4.69, 9.17) is 0 Å². The lowest BCUT2D eigenvalue weighted by molar-refractivity contribution is 0.308. The van der Waals surface area contributed by atoms with Gasteiger partial charge < -0.3 is 9.30 Å². The molecule has 80 valence electrons. The molecule has 0 spiro atoms. The SMILES string of the molecule is CC(Cc1ncc2ccccn12)N(C)C. The Morgan fingerprint density at radius 1 is 1.40 bits per heavy atom. The first-order valence-electron chi connectivity index (χ1n) is 5.26. The minimum absolute atomic E-state index is 0.510. The second-order valence-corrected chi connectivity index (χ2v) is 4.19. The van der Waals surface area contributed by atoms with Crippen LogP contribution in [0.3, 0.4) is 0 Å². The predicted octanol–water partition coefficient (Wildman–Crippen LogP) is 1.83. The fraction of sp³-hybridized carbons (Fsp3) is 0.417. The average Bonchev–Trinajstić information content (AvgIpc) is 2.62. The molecule has 15 heavy (non-hydrogen) atoms. The zero-order chi connectivity index (χ0) is 10.8. The van der Waals surface area contributed by atoms with Crippen LogP contribution in [0.2, 0.25) is 0 Å². The molecule has 1 atom stereocenters. The molecular formula is C12H17N3. The summed E-state index contributed by atoms with van der Waals surface area (Å²) in [4.78, 5) is 6.67. The lowest BCUT2D eigenvalue weighted by Crippen LogP contribution is -2.27. The predicted molar refractivity (Wildman–Crippen MR) is 62.0 cm³/mol. The molecule has 1 unspecified atom stereocenters. The van der Waals surface area contributed by atoms with Crippen LogP contribution in [-0.4, -0.2) is 34.4 Å². The highest BCUT2D eigenvalue weighted by Crippen LogP contribution is 2.09. The van der Waals surface area contributed by atoms with Gasteiger partial charge in [-0.15, -0.1) is 0 Å². The van der Waals surface area contributed by atoms with Crippen molar-refractivity contribution in [2.24, 2.45) is 0 Å². The van der Waals surface area contributed by atoms with Crippen LogP contribution >= 0.6 is 0 Å². The van der Waals surface area contributed by atoms with Crippen molar-refractivity contribution < 1.29 is 0 Å². The molecule has 0 amide bonds. The molecule has 2 aromatic rings. The molecule has 0 bridgehead atoms. The van der Waals surface area contributed by atoms with Crippen molar-refractivity contribution >= 4 is 5.52 Å². The third kappa shape index (κ3) is 2.02. The number of pyridine rings is 1. The molecule has 0 saturated carbocycles. The molecule has 0 aliphatic carbocycles. The number of imidazole rings is 1. The summed E-state index contributed by atoms with van der Waals surface area (Å²) in [6.07, 6.45) is 4.98. The molecule has 0 saturated heterocycles. The lowest BCUT2D eigenvalue weighted by atomic mass is 10.2. The maximum absolute atomic E-state index is 4.45. The Morgan fingerprint density at radius 3 is 2.93 bits per heavy atom. The van der Waals surface area contributed by atoms with E-state index >= 15 is 0 Å². The van der Waals surface area contributed by atoms with Gasteiger partial charge in [-0.2, -0.15) is 0 Å². The van der Waals surface area contributed by atoms with E-state index in [1.807, 2.05) is 18.3 Å². The Morgan fingerprint density at radius 2 is 2.20 bits per heavy atom. The number of likely N-dealkylation sites (N-methyl/N-ethyl adjacent to an activating group) is 1. The summed E-state index contributed by atoms with van der Waals surface area (Å²) in [6.45, 7) is 2.21. The average molecular weight is 203 g/mol. The molecule has 0 fully saturated rings. The van der Waals surface area contributed by atoms with Gasteiger partial charge >= 0.3 is 0 Å². The fourth-order valence-electron chi connectivity index (χ4n) is 1.60. The van der Waals surface area contributed by atoms with E-state index in [0.29, 0.717) is 6.04 Å². The summed E-state index contributed by atoms with van der Waals surface area (Å²) in [6, 6.07) is 6.67. The van der Waals surface area contributed by atoms with Crippen LogP contribution in [-0.2, 0) is 6.42 Å². The minimum Gasteiger partial charge on any atom is -0.306 e. The number of aromatic nitrogens is 2. The van der Waals surface area contributed by atoms with Gasteiger partial charge in [0.1, 0.15) is 5.82 Å².